The number of thioether (sulfide) groups is 1. The second-order valence-electron chi connectivity index (χ2n) is 4.37. The number of rotatable bonds is 5. The van der Waals surface area contributed by atoms with Gasteiger partial charge in [0.15, 0.2) is 0 Å². The van der Waals surface area contributed by atoms with E-state index in [1.54, 1.807) is 6.92 Å². The van der Waals surface area contributed by atoms with Crippen molar-refractivity contribution in [1.29, 1.82) is 0 Å². The fourth-order valence-electron chi connectivity index (χ4n) is 2.15. The predicted molar refractivity (Wildman–Crippen MR) is 81.7 cm³/mol. The summed E-state index contributed by atoms with van der Waals surface area (Å²) >= 11 is 1.31. The number of nitrogens with zero attached hydrogens (tertiary/aromatic N) is 1. The molecule has 8 heteroatoms. The first-order chi connectivity index (χ1) is 10.0. The Hall–Kier alpha value is -0.860. The van der Waals surface area contributed by atoms with E-state index in [9.17, 15) is 14.0 Å². The minimum absolute atomic E-state index is 0. The molecule has 0 radical (unpaired) electrons. The Morgan fingerprint density at radius 1 is 1.50 bits per heavy atom. The van der Waals surface area contributed by atoms with Crippen molar-refractivity contribution in [1.82, 2.24) is 4.57 Å². The largest absolute Gasteiger partial charge is 1.00 e. The molecular weight excluding hydrogens is 318 g/mol. The Balaban J connectivity index is 0.00000242. The smallest absolute Gasteiger partial charge is 1.00 e. The fraction of sp³-hybridized carbons (Fsp3) is 0.286. The molecule has 1 heterocycles. The topological polar surface area (TPSA) is 85.3 Å². The molecule has 0 fully saturated rings. The van der Waals surface area contributed by atoms with Gasteiger partial charge in [-0.3, -0.25) is 4.79 Å². The zero-order valence-electron chi connectivity index (χ0n) is 13.4. The number of hydrogen-bond donors (Lipinski definition) is 2. The average Bonchev–Trinajstić information content (AvgIpc) is 2.46. The second-order valence-corrected chi connectivity index (χ2v) is 5.51. The molecular formula is C14H16FN2NaO3S. The molecule has 0 saturated heterocycles. The van der Waals surface area contributed by atoms with Crippen molar-refractivity contribution in [3.8, 4) is 0 Å². The first-order valence-corrected chi connectivity index (χ1v) is 7.41. The van der Waals surface area contributed by atoms with Crippen molar-refractivity contribution < 1.29 is 45.3 Å². The third-order valence-corrected chi connectivity index (χ3v) is 4.17. The van der Waals surface area contributed by atoms with E-state index in [1.807, 2.05) is 0 Å². The molecule has 0 unspecified atom stereocenters. The molecule has 0 amide bonds. The van der Waals surface area contributed by atoms with Gasteiger partial charge in [0.05, 0.1) is 10.9 Å². The minimum atomic E-state index is -1.32. The summed E-state index contributed by atoms with van der Waals surface area (Å²) < 4.78 is 15.6. The molecule has 0 bridgehead atoms. The van der Waals surface area contributed by atoms with Gasteiger partial charge in [0.2, 0.25) is 5.43 Å². The van der Waals surface area contributed by atoms with Crippen LogP contribution in [-0.4, -0.2) is 27.9 Å². The quantitative estimate of drug-likeness (QED) is 0.543. The van der Waals surface area contributed by atoms with Crippen molar-refractivity contribution in [3.63, 3.8) is 0 Å². The number of halogens is 1. The third kappa shape index (κ3) is 3.55. The number of carboxylic acids is 1. The standard InChI is InChI=1S/C14H15FN2O3S.Na.H/c1-2-17-7-8(14(19)20)13(18)11-10(21-6-5-16)4-3-9(15)12(11)17;;/h3-4,7H,2,5-6,16H2,1H3,(H,19,20);;/q;+1;-1. The number of carboxylic acid groups (broad SMARTS) is 1. The monoisotopic (exact) mass is 334 g/mol. The third-order valence-electron chi connectivity index (χ3n) is 3.08. The Kier molecular flexibility index (Phi) is 7.08. The summed E-state index contributed by atoms with van der Waals surface area (Å²) in [6.45, 7) is 2.53. The van der Waals surface area contributed by atoms with Gasteiger partial charge in [0, 0.05) is 29.9 Å². The van der Waals surface area contributed by atoms with Crippen LogP contribution < -0.4 is 40.7 Å². The van der Waals surface area contributed by atoms with E-state index in [0.717, 1.165) is 0 Å². The molecule has 0 spiro atoms. The van der Waals surface area contributed by atoms with E-state index in [1.165, 1.54) is 34.7 Å². The summed E-state index contributed by atoms with van der Waals surface area (Å²) in [5, 5.41) is 9.25. The number of aromatic carboxylic acids is 1. The minimum Gasteiger partial charge on any atom is -1.00 e. The van der Waals surface area contributed by atoms with Crippen molar-refractivity contribution in [2.75, 3.05) is 12.3 Å². The Morgan fingerprint density at radius 2 is 2.18 bits per heavy atom. The van der Waals surface area contributed by atoms with Crippen LogP contribution in [0, 0.1) is 5.82 Å². The van der Waals surface area contributed by atoms with Gasteiger partial charge in [0.25, 0.3) is 0 Å². The molecule has 114 valence electrons. The molecule has 3 N–H and O–H groups in total. The van der Waals surface area contributed by atoms with Crippen LogP contribution in [0.2, 0.25) is 0 Å². The van der Waals surface area contributed by atoms with Crippen LogP contribution >= 0.6 is 11.8 Å². The molecule has 2 rings (SSSR count). The number of aromatic nitrogens is 1. The van der Waals surface area contributed by atoms with Gasteiger partial charge < -0.3 is 16.8 Å². The normalized spacial score (nSPS) is 10.5. The van der Waals surface area contributed by atoms with Crippen LogP contribution in [0.25, 0.3) is 10.9 Å². The molecule has 0 aliphatic carbocycles. The zero-order chi connectivity index (χ0) is 15.6. The van der Waals surface area contributed by atoms with Crippen molar-refractivity contribution in [3.05, 3.63) is 39.9 Å². The van der Waals surface area contributed by atoms with Gasteiger partial charge in [-0.1, -0.05) is 0 Å². The first-order valence-electron chi connectivity index (χ1n) is 6.43. The number of pyridine rings is 1. The van der Waals surface area contributed by atoms with Gasteiger partial charge in [-0.2, -0.15) is 0 Å². The van der Waals surface area contributed by atoms with E-state index >= 15 is 0 Å². The number of benzene rings is 1. The van der Waals surface area contributed by atoms with Crippen LogP contribution in [-0.2, 0) is 6.54 Å². The zero-order valence-corrected chi connectivity index (χ0v) is 15.2. The summed E-state index contributed by atoms with van der Waals surface area (Å²) in [5.41, 5.74) is 4.56. The number of hydrogen-bond acceptors (Lipinski definition) is 4. The molecule has 22 heavy (non-hydrogen) atoms. The maximum atomic E-state index is 14.1. The summed E-state index contributed by atoms with van der Waals surface area (Å²) in [5.74, 6) is -1.30. The van der Waals surface area contributed by atoms with Gasteiger partial charge in [0.1, 0.15) is 11.4 Å². The molecule has 1 aromatic heterocycles. The van der Waals surface area contributed by atoms with Gasteiger partial charge in [-0.05, 0) is 19.1 Å². The number of carbonyl (C=O) groups is 1. The molecule has 0 aliphatic rings. The number of fused-ring (bicyclic) bond motifs is 1. The summed E-state index contributed by atoms with van der Waals surface area (Å²) in [7, 11) is 0. The van der Waals surface area contributed by atoms with E-state index in [-0.39, 0.29) is 47.5 Å². The van der Waals surface area contributed by atoms with Crippen LogP contribution in [0.5, 0.6) is 0 Å². The van der Waals surface area contributed by atoms with Gasteiger partial charge in [-0.25, -0.2) is 9.18 Å². The summed E-state index contributed by atoms with van der Waals surface area (Å²) in [6, 6.07) is 2.78. The Bertz CT molecular complexity index is 770. The van der Waals surface area contributed by atoms with Crippen molar-refractivity contribution in [2.45, 2.75) is 18.4 Å². The maximum absolute atomic E-state index is 14.1. The van der Waals surface area contributed by atoms with Crippen molar-refractivity contribution >= 4 is 28.6 Å². The summed E-state index contributed by atoms with van der Waals surface area (Å²) in [4.78, 5) is 24.1. The molecule has 5 nitrogen and oxygen atoms in total. The molecule has 0 aliphatic heterocycles. The Labute approximate surface area is 154 Å². The SMILES string of the molecule is CCn1cc(C(=O)O)c(=O)c2c(SCCN)ccc(F)c21.[H-].[Na+]. The van der Waals surface area contributed by atoms with Crippen LogP contribution in [0.1, 0.15) is 18.7 Å². The maximum Gasteiger partial charge on any atom is 1.00 e. The van der Waals surface area contributed by atoms with Gasteiger partial charge in [-0.15, -0.1) is 11.8 Å². The number of aryl methyl sites for hydroxylation is 1. The van der Waals surface area contributed by atoms with E-state index < -0.39 is 17.2 Å². The van der Waals surface area contributed by atoms with E-state index in [2.05, 4.69) is 0 Å². The fourth-order valence-corrected chi connectivity index (χ4v) is 2.99. The van der Waals surface area contributed by atoms with E-state index in [0.29, 0.717) is 23.7 Å². The number of nitrogens with two attached hydrogens (primary N) is 1. The first kappa shape index (κ1) is 19.2. The summed E-state index contributed by atoms with van der Waals surface area (Å²) in [6.07, 6.45) is 1.19. The molecule has 0 saturated carbocycles. The van der Waals surface area contributed by atoms with Crippen LogP contribution in [0.15, 0.2) is 28.0 Å². The average molecular weight is 334 g/mol. The Morgan fingerprint density at radius 3 is 2.73 bits per heavy atom. The van der Waals surface area contributed by atoms with Crippen molar-refractivity contribution in [2.24, 2.45) is 5.73 Å². The molecule has 0 atom stereocenters. The predicted octanol–water partition coefficient (Wildman–Crippen LogP) is -0.974. The van der Waals surface area contributed by atoms with E-state index in [4.69, 9.17) is 10.8 Å². The second kappa shape index (κ2) is 8.12. The molecule has 1 aromatic carbocycles. The van der Waals surface area contributed by atoms with Gasteiger partial charge >= 0.3 is 35.5 Å². The molecule has 2 aromatic rings. The van der Waals surface area contributed by atoms with Crippen LogP contribution in [0.3, 0.4) is 0 Å². The van der Waals surface area contributed by atoms with Crippen LogP contribution in [0.4, 0.5) is 4.39 Å².